The number of nitrogens with zero attached hydrogens (tertiary/aromatic N) is 2. The van der Waals surface area contributed by atoms with Gasteiger partial charge in [-0.3, -0.25) is 14.5 Å². The summed E-state index contributed by atoms with van der Waals surface area (Å²) >= 11 is 9.76. The van der Waals surface area contributed by atoms with Gasteiger partial charge in [0, 0.05) is 28.8 Å². The minimum absolute atomic E-state index is 0.0240. The van der Waals surface area contributed by atoms with Crippen LogP contribution in [-0.4, -0.2) is 32.6 Å². The highest BCUT2D eigenvalue weighted by atomic mass is 32.2. The predicted octanol–water partition coefficient (Wildman–Crippen LogP) is 6.27. The van der Waals surface area contributed by atoms with Gasteiger partial charge in [0.2, 0.25) is 5.91 Å². The molecule has 0 aliphatic carbocycles. The lowest BCUT2D eigenvalue weighted by Crippen LogP contribution is -2.29. The van der Waals surface area contributed by atoms with E-state index in [1.54, 1.807) is 16.2 Å². The average molecular weight is 500 g/mol. The molecular weight excluding hydrogens is 479 g/mol. The number of amides is 2. The number of rotatable bonds is 9. The number of thiophene rings is 1. The first-order valence-electron chi connectivity index (χ1n) is 10.2. The summed E-state index contributed by atoms with van der Waals surface area (Å²) in [7, 11) is 0. The fourth-order valence-electron chi connectivity index (χ4n) is 3.18. The Morgan fingerprint density at radius 2 is 1.94 bits per heavy atom. The number of thiazole rings is 1. The summed E-state index contributed by atoms with van der Waals surface area (Å²) in [5.41, 5.74) is 1.90. The molecule has 2 aromatic heterocycles. The fourth-order valence-corrected chi connectivity index (χ4v) is 5.95. The van der Waals surface area contributed by atoms with Gasteiger partial charge in [0.15, 0.2) is 5.13 Å². The molecule has 0 unspecified atom stereocenters. The summed E-state index contributed by atoms with van der Waals surface area (Å²) in [6, 6.07) is 13.8. The van der Waals surface area contributed by atoms with Crippen molar-refractivity contribution in [3.8, 4) is 11.3 Å². The van der Waals surface area contributed by atoms with Crippen LogP contribution >= 0.6 is 46.7 Å². The molecule has 1 aliphatic heterocycles. The summed E-state index contributed by atoms with van der Waals surface area (Å²) in [4.78, 5) is 32.7. The Morgan fingerprint density at radius 3 is 2.72 bits per heavy atom. The van der Waals surface area contributed by atoms with E-state index in [0.717, 1.165) is 35.4 Å². The second-order valence-electron chi connectivity index (χ2n) is 7.11. The monoisotopic (exact) mass is 499 g/mol. The van der Waals surface area contributed by atoms with Crippen molar-refractivity contribution in [2.24, 2.45) is 0 Å². The van der Waals surface area contributed by atoms with Crippen molar-refractivity contribution >= 4 is 74.0 Å². The largest absolute Gasteiger partial charge is 0.302 e. The first-order chi connectivity index (χ1) is 15.6. The molecule has 2 amide bonds. The standard InChI is InChI=1S/C23H21N3O2S4/c27-20(25-22-24-18(15-31-22)16-8-3-1-4-9-16)11-5-2-6-12-26-21(28)19(32-23(26)29)14-17-10-7-13-30-17/h1,3-4,7-10,13-15H,2,5-6,11-12H2,(H,24,25,27)/b19-14+. The normalized spacial score (nSPS) is 15.0. The third-order valence-corrected chi connectivity index (χ3v) is 7.75. The third-order valence-electron chi connectivity index (χ3n) is 4.80. The van der Waals surface area contributed by atoms with Gasteiger partial charge < -0.3 is 5.32 Å². The predicted molar refractivity (Wildman–Crippen MR) is 139 cm³/mol. The minimum Gasteiger partial charge on any atom is -0.302 e. The zero-order chi connectivity index (χ0) is 22.3. The molecule has 0 atom stereocenters. The van der Waals surface area contributed by atoms with Gasteiger partial charge in [-0.15, -0.1) is 22.7 Å². The lowest BCUT2D eigenvalue weighted by molar-refractivity contribution is -0.122. The van der Waals surface area contributed by atoms with Crippen molar-refractivity contribution in [1.29, 1.82) is 0 Å². The van der Waals surface area contributed by atoms with Crippen LogP contribution in [-0.2, 0) is 9.59 Å². The van der Waals surface area contributed by atoms with Crippen LogP contribution in [0.2, 0.25) is 0 Å². The third kappa shape index (κ3) is 5.92. The van der Waals surface area contributed by atoms with Crippen molar-refractivity contribution in [3.05, 3.63) is 63.0 Å². The smallest absolute Gasteiger partial charge is 0.266 e. The van der Waals surface area contributed by atoms with Crippen LogP contribution in [0.25, 0.3) is 17.3 Å². The maximum atomic E-state index is 12.6. The van der Waals surface area contributed by atoms with Crippen molar-refractivity contribution in [2.75, 3.05) is 11.9 Å². The lowest BCUT2D eigenvalue weighted by Gasteiger charge is -2.13. The van der Waals surface area contributed by atoms with Crippen molar-refractivity contribution < 1.29 is 9.59 Å². The number of carbonyl (C=O) groups excluding carboxylic acids is 2. The molecule has 4 rings (SSSR count). The van der Waals surface area contributed by atoms with Gasteiger partial charge in [0.05, 0.1) is 10.6 Å². The highest BCUT2D eigenvalue weighted by molar-refractivity contribution is 8.26. The molecule has 1 N–H and O–H groups in total. The molecule has 5 nitrogen and oxygen atoms in total. The maximum absolute atomic E-state index is 12.6. The number of anilines is 1. The lowest BCUT2D eigenvalue weighted by atomic mass is 10.2. The molecule has 164 valence electrons. The summed E-state index contributed by atoms with van der Waals surface area (Å²) in [6.45, 7) is 0.584. The van der Waals surface area contributed by atoms with Gasteiger partial charge in [-0.1, -0.05) is 66.8 Å². The minimum atomic E-state index is -0.0385. The molecule has 1 aliphatic rings. The van der Waals surface area contributed by atoms with E-state index >= 15 is 0 Å². The van der Waals surface area contributed by atoms with E-state index in [9.17, 15) is 9.59 Å². The summed E-state index contributed by atoms with van der Waals surface area (Å²) in [6.07, 6.45) is 4.73. The zero-order valence-corrected chi connectivity index (χ0v) is 20.4. The van der Waals surface area contributed by atoms with Crippen LogP contribution in [0.5, 0.6) is 0 Å². The number of aromatic nitrogens is 1. The van der Waals surface area contributed by atoms with Gasteiger partial charge in [0.25, 0.3) is 5.91 Å². The second kappa shape index (κ2) is 11.0. The molecule has 1 aromatic carbocycles. The Bertz CT molecular complexity index is 1120. The van der Waals surface area contributed by atoms with Crippen molar-refractivity contribution in [1.82, 2.24) is 9.88 Å². The van der Waals surface area contributed by atoms with E-state index in [0.29, 0.717) is 27.3 Å². The fraction of sp³-hybridized carbons (Fsp3) is 0.217. The maximum Gasteiger partial charge on any atom is 0.266 e. The first kappa shape index (κ1) is 22.8. The zero-order valence-electron chi connectivity index (χ0n) is 17.2. The van der Waals surface area contributed by atoms with Crippen LogP contribution in [0, 0.1) is 0 Å². The Balaban J connectivity index is 1.17. The SMILES string of the molecule is O=C(CCCCCN1C(=O)/C(=C\c2cccs2)SC1=S)Nc1nc(-c2ccccc2)cs1. The molecular formula is C23H21N3O2S4. The molecule has 1 saturated heterocycles. The van der Waals surface area contributed by atoms with Gasteiger partial charge in [-0.05, 0) is 30.4 Å². The molecule has 0 radical (unpaired) electrons. The molecule has 0 saturated carbocycles. The summed E-state index contributed by atoms with van der Waals surface area (Å²) in [5.74, 6) is -0.0624. The van der Waals surface area contributed by atoms with E-state index in [-0.39, 0.29) is 11.8 Å². The van der Waals surface area contributed by atoms with Crippen molar-refractivity contribution in [2.45, 2.75) is 25.7 Å². The number of carbonyl (C=O) groups is 2. The topological polar surface area (TPSA) is 62.3 Å². The molecule has 1 fully saturated rings. The van der Waals surface area contributed by atoms with Gasteiger partial charge in [-0.25, -0.2) is 4.98 Å². The highest BCUT2D eigenvalue weighted by Gasteiger charge is 2.31. The Morgan fingerprint density at radius 1 is 1.09 bits per heavy atom. The molecule has 9 heteroatoms. The number of thioether (sulfide) groups is 1. The Kier molecular flexibility index (Phi) is 7.85. The summed E-state index contributed by atoms with van der Waals surface area (Å²) in [5, 5.41) is 7.42. The first-order valence-corrected chi connectivity index (χ1v) is 13.2. The Labute approximate surface area is 204 Å². The Hall–Kier alpha value is -2.33. The summed E-state index contributed by atoms with van der Waals surface area (Å²) < 4.78 is 0.605. The van der Waals surface area contributed by atoms with Gasteiger partial charge >= 0.3 is 0 Å². The number of nitrogens with one attached hydrogen (secondary N) is 1. The number of unbranched alkanes of at least 4 members (excludes halogenated alkanes) is 2. The van der Waals surface area contributed by atoms with Crippen LogP contribution in [0.3, 0.4) is 0 Å². The van der Waals surface area contributed by atoms with Crippen molar-refractivity contribution in [3.63, 3.8) is 0 Å². The molecule has 0 spiro atoms. The van der Waals surface area contributed by atoms with Gasteiger partial charge in [0.1, 0.15) is 4.32 Å². The van der Waals surface area contributed by atoms with E-state index in [1.165, 1.54) is 23.1 Å². The average Bonchev–Trinajstić information content (AvgIpc) is 3.53. The second-order valence-corrected chi connectivity index (χ2v) is 10.6. The van der Waals surface area contributed by atoms with Crippen LogP contribution in [0.4, 0.5) is 5.13 Å². The van der Waals surface area contributed by atoms with Crippen LogP contribution in [0.15, 0.2) is 58.1 Å². The number of benzene rings is 1. The van der Waals surface area contributed by atoms with Crippen LogP contribution in [0.1, 0.15) is 30.6 Å². The van der Waals surface area contributed by atoms with Gasteiger partial charge in [-0.2, -0.15) is 0 Å². The molecule has 3 aromatic rings. The van der Waals surface area contributed by atoms with E-state index in [1.807, 2.05) is 59.3 Å². The highest BCUT2D eigenvalue weighted by Crippen LogP contribution is 2.33. The van der Waals surface area contributed by atoms with E-state index in [2.05, 4.69) is 10.3 Å². The quantitative estimate of drug-likeness (QED) is 0.213. The number of thiocarbonyl (C=S) groups is 1. The molecule has 32 heavy (non-hydrogen) atoms. The number of hydrogen-bond donors (Lipinski definition) is 1. The van der Waals surface area contributed by atoms with E-state index < -0.39 is 0 Å². The number of hydrogen-bond acceptors (Lipinski definition) is 7. The van der Waals surface area contributed by atoms with Crippen LogP contribution < -0.4 is 5.32 Å². The molecule has 3 heterocycles. The van der Waals surface area contributed by atoms with E-state index in [4.69, 9.17) is 12.2 Å². The molecule has 0 bridgehead atoms.